The smallest absolute Gasteiger partial charge is 0.234 e. The topological polar surface area (TPSA) is 8.81 Å². The van der Waals surface area contributed by atoms with Gasteiger partial charge < -0.3 is 0 Å². The number of rotatable bonds is 35. The third kappa shape index (κ3) is 25.1. The van der Waals surface area contributed by atoms with E-state index >= 15 is 0 Å². The quantitative estimate of drug-likeness (QED) is 0.0540. The highest BCUT2D eigenvalue weighted by Crippen LogP contribution is 2.15. The van der Waals surface area contributed by atoms with E-state index in [1.165, 1.54) is 225 Å². The number of nitrogens with zero attached hydrogens (tertiary/aromatic N) is 2. The maximum atomic E-state index is 2.64. The van der Waals surface area contributed by atoms with Crippen LogP contribution >= 0.6 is 0 Å². The average Bonchev–Trinajstić information content (AvgIpc) is 3.40. The third-order valence-corrected chi connectivity index (χ3v) is 9.85. The Balaban J connectivity index is 2.25. The van der Waals surface area contributed by atoms with E-state index in [9.17, 15) is 0 Å². The summed E-state index contributed by atoms with van der Waals surface area (Å²) in [6, 6.07) is 0. The van der Waals surface area contributed by atoms with Crippen molar-refractivity contribution >= 4 is 0 Å². The van der Waals surface area contributed by atoms with Crippen molar-refractivity contribution in [1.82, 2.24) is 4.57 Å². The second-order valence-corrected chi connectivity index (χ2v) is 14.1. The normalized spacial score (nSPS) is 11.6. The Hall–Kier alpha value is -0.790. The van der Waals surface area contributed by atoms with Gasteiger partial charge >= 0.3 is 0 Å². The molecule has 0 aliphatic carbocycles. The van der Waals surface area contributed by atoms with Gasteiger partial charge in [-0.3, -0.25) is 0 Å². The van der Waals surface area contributed by atoms with Gasteiger partial charge in [0.2, 0.25) is 0 Å². The van der Waals surface area contributed by atoms with E-state index in [0.29, 0.717) is 0 Å². The Morgan fingerprint density at radius 3 is 1.12 bits per heavy atom. The fraction of sp³-hybridized carbons (Fsp3) is 0.927. The van der Waals surface area contributed by atoms with Crippen LogP contribution in [0.3, 0.4) is 0 Å². The first-order valence-corrected chi connectivity index (χ1v) is 20.4. The Morgan fingerprint density at radius 1 is 0.395 bits per heavy atom. The van der Waals surface area contributed by atoms with Gasteiger partial charge in [-0.2, -0.15) is 0 Å². The van der Waals surface area contributed by atoms with Gasteiger partial charge in [0.05, 0.1) is 13.1 Å². The number of imidazole rings is 1. The summed E-state index contributed by atoms with van der Waals surface area (Å²) in [5.41, 5.74) is 0. The minimum absolute atomic E-state index is 1.23. The molecule has 0 unspecified atom stereocenters. The number of hydrogen-bond acceptors (Lipinski definition) is 0. The van der Waals surface area contributed by atoms with Crippen LogP contribution in [0.2, 0.25) is 0 Å². The maximum Gasteiger partial charge on any atom is 0.256 e. The molecule has 0 radical (unpaired) electrons. The summed E-state index contributed by atoms with van der Waals surface area (Å²) >= 11 is 0. The highest BCUT2D eigenvalue weighted by Gasteiger charge is 2.16. The zero-order chi connectivity index (χ0) is 30.9. The second kappa shape index (κ2) is 32.6. The lowest BCUT2D eigenvalue weighted by Gasteiger charge is -2.07. The molecule has 0 atom stereocenters. The lowest BCUT2D eigenvalue weighted by Crippen LogP contribution is -2.37. The fourth-order valence-corrected chi connectivity index (χ4v) is 6.86. The molecule has 0 spiro atoms. The van der Waals surface area contributed by atoms with Gasteiger partial charge in [0.25, 0.3) is 5.82 Å². The lowest BCUT2D eigenvalue weighted by atomic mass is 10.0. The van der Waals surface area contributed by atoms with Crippen molar-refractivity contribution in [2.24, 2.45) is 0 Å². The summed E-state index contributed by atoms with van der Waals surface area (Å²) in [7, 11) is 0. The molecule has 43 heavy (non-hydrogen) atoms. The minimum atomic E-state index is 1.23. The lowest BCUT2D eigenvalue weighted by molar-refractivity contribution is -0.704. The molecule has 0 saturated carbocycles. The first-order valence-electron chi connectivity index (χ1n) is 20.4. The Kier molecular flexibility index (Phi) is 30.5. The van der Waals surface area contributed by atoms with E-state index in [4.69, 9.17) is 0 Å². The van der Waals surface area contributed by atoms with Gasteiger partial charge in [0.15, 0.2) is 0 Å². The molecule has 0 aromatic carbocycles. The summed E-state index contributed by atoms with van der Waals surface area (Å²) in [5.74, 6) is 1.62. The Bertz CT molecular complexity index is 663. The molecule has 2 nitrogen and oxygen atoms in total. The first kappa shape index (κ1) is 40.2. The van der Waals surface area contributed by atoms with Crippen molar-refractivity contribution in [1.29, 1.82) is 0 Å². The molecule has 1 heterocycles. The van der Waals surface area contributed by atoms with Crippen LogP contribution in [0.1, 0.15) is 232 Å². The highest BCUT2D eigenvalue weighted by molar-refractivity contribution is 4.84. The van der Waals surface area contributed by atoms with E-state index in [1.54, 1.807) is 5.82 Å². The van der Waals surface area contributed by atoms with Crippen LogP contribution in [-0.4, -0.2) is 4.57 Å². The monoisotopic (exact) mass is 602 g/mol. The summed E-state index contributed by atoms with van der Waals surface area (Å²) < 4.78 is 5.27. The van der Waals surface area contributed by atoms with Crippen LogP contribution in [0.4, 0.5) is 0 Å². The fourth-order valence-electron chi connectivity index (χ4n) is 6.86. The molecule has 1 rings (SSSR count). The molecule has 0 saturated heterocycles. The summed E-state index contributed by atoms with van der Waals surface area (Å²) in [6.45, 7) is 9.40. The minimum Gasteiger partial charge on any atom is -0.234 e. The molecule has 0 fully saturated rings. The molecule has 0 N–H and O–H groups in total. The third-order valence-electron chi connectivity index (χ3n) is 9.85. The summed E-state index contributed by atoms with van der Waals surface area (Å²) in [4.78, 5) is 0. The van der Waals surface area contributed by atoms with Gasteiger partial charge in [-0.1, -0.05) is 194 Å². The van der Waals surface area contributed by atoms with Crippen LogP contribution in [0.5, 0.6) is 0 Å². The second-order valence-electron chi connectivity index (χ2n) is 14.1. The van der Waals surface area contributed by atoms with Crippen molar-refractivity contribution in [3.8, 4) is 0 Å². The predicted molar refractivity (Wildman–Crippen MR) is 193 cm³/mol. The van der Waals surface area contributed by atoms with Crippen molar-refractivity contribution < 1.29 is 4.57 Å². The van der Waals surface area contributed by atoms with Crippen LogP contribution < -0.4 is 4.57 Å². The van der Waals surface area contributed by atoms with Crippen LogP contribution in [0, 0.1) is 0 Å². The number of unbranched alkanes of at least 4 members (excludes halogenated alkanes) is 29. The van der Waals surface area contributed by atoms with E-state index in [-0.39, 0.29) is 0 Å². The standard InChI is InChI=1S/C41H81N2/c1-4-7-10-13-16-19-20-21-22-23-24-26-29-32-35-38-43-40-39-42(37-34-31-28-18-15-12-9-6-3)41(43)36-33-30-27-25-17-14-11-8-5-2/h39-40H,4-38H2,1-3H3/q+1. The molecule has 0 amide bonds. The van der Waals surface area contributed by atoms with E-state index < -0.39 is 0 Å². The largest absolute Gasteiger partial charge is 0.256 e. The van der Waals surface area contributed by atoms with Gasteiger partial charge in [0, 0.05) is 6.42 Å². The predicted octanol–water partition coefficient (Wildman–Crippen LogP) is 13.9. The SMILES string of the molecule is CCCCCCCCCCCCCCCCCn1cc[n+](CCCCCCCCCC)c1CCCCCCCCCCC. The molecule has 0 bridgehead atoms. The maximum absolute atomic E-state index is 2.64. The molecule has 1 aromatic rings. The molecular formula is C41H81N2+. The Morgan fingerprint density at radius 2 is 0.721 bits per heavy atom. The summed E-state index contributed by atoms with van der Waals surface area (Å²) in [6.07, 6.45) is 51.9. The zero-order valence-electron chi connectivity index (χ0n) is 30.3. The van der Waals surface area contributed by atoms with Crippen molar-refractivity contribution in [2.45, 2.75) is 246 Å². The summed E-state index contributed by atoms with van der Waals surface area (Å²) in [5, 5.41) is 0. The first-order chi connectivity index (χ1) is 21.3. The van der Waals surface area contributed by atoms with Crippen LogP contribution in [0.15, 0.2) is 12.4 Å². The van der Waals surface area contributed by atoms with E-state index in [2.05, 4.69) is 42.3 Å². The molecule has 2 heteroatoms. The van der Waals surface area contributed by atoms with Gasteiger partial charge in [-0.05, 0) is 32.1 Å². The molecular weight excluding hydrogens is 520 g/mol. The molecule has 0 aliphatic heterocycles. The molecule has 0 aliphatic rings. The van der Waals surface area contributed by atoms with Crippen LogP contribution in [-0.2, 0) is 19.5 Å². The van der Waals surface area contributed by atoms with Gasteiger partial charge in [-0.15, -0.1) is 0 Å². The van der Waals surface area contributed by atoms with Crippen molar-refractivity contribution in [3.63, 3.8) is 0 Å². The number of aromatic nitrogens is 2. The number of hydrogen-bond donors (Lipinski definition) is 0. The van der Waals surface area contributed by atoms with E-state index in [0.717, 1.165) is 0 Å². The van der Waals surface area contributed by atoms with E-state index in [1.807, 2.05) is 0 Å². The molecule has 1 aromatic heterocycles. The zero-order valence-corrected chi connectivity index (χ0v) is 30.3. The van der Waals surface area contributed by atoms with Gasteiger partial charge in [-0.25, -0.2) is 9.13 Å². The highest BCUT2D eigenvalue weighted by atomic mass is 15.1. The average molecular weight is 602 g/mol. The van der Waals surface area contributed by atoms with Crippen molar-refractivity contribution in [2.75, 3.05) is 0 Å². The van der Waals surface area contributed by atoms with Crippen molar-refractivity contribution in [3.05, 3.63) is 18.2 Å². The number of aryl methyl sites for hydroxylation is 2. The van der Waals surface area contributed by atoms with Crippen LogP contribution in [0.25, 0.3) is 0 Å². The Labute approximate surface area is 272 Å². The molecule has 254 valence electrons. The van der Waals surface area contributed by atoms with Gasteiger partial charge in [0.1, 0.15) is 12.4 Å².